The molecule has 1 saturated heterocycles. The van der Waals surface area contributed by atoms with Crippen molar-refractivity contribution in [2.24, 2.45) is 0 Å². The van der Waals surface area contributed by atoms with Gasteiger partial charge >= 0.3 is 0 Å². The average Bonchev–Trinajstić information content (AvgIpc) is 2.66. The Morgan fingerprint density at radius 3 is 3.00 bits per heavy atom. The van der Waals surface area contributed by atoms with Gasteiger partial charge in [-0.2, -0.15) is 0 Å². The van der Waals surface area contributed by atoms with E-state index in [-0.39, 0.29) is 11.3 Å². The van der Waals surface area contributed by atoms with Gasteiger partial charge in [0.15, 0.2) is 9.84 Å². The van der Waals surface area contributed by atoms with E-state index in [2.05, 4.69) is 10.3 Å². The van der Waals surface area contributed by atoms with Gasteiger partial charge in [0.25, 0.3) is 0 Å². The lowest BCUT2D eigenvalue weighted by Gasteiger charge is -2.16. The summed E-state index contributed by atoms with van der Waals surface area (Å²) in [4.78, 5) is 4.06. The molecule has 94 valence electrons. The predicted octanol–water partition coefficient (Wildman–Crippen LogP) is 1.31. The maximum atomic E-state index is 11.7. The van der Waals surface area contributed by atoms with E-state index in [0.29, 0.717) is 12.3 Å². The lowest BCUT2D eigenvalue weighted by Crippen LogP contribution is -2.32. The van der Waals surface area contributed by atoms with Crippen LogP contribution in [0.5, 0.6) is 0 Å². The van der Waals surface area contributed by atoms with Crippen molar-refractivity contribution in [1.29, 1.82) is 0 Å². The Balaban J connectivity index is 1.91. The number of aromatic nitrogens is 1. The van der Waals surface area contributed by atoms with Crippen LogP contribution in [0, 0.1) is 0 Å². The highest BCUT2D eigenvalue weighted by molar-refractivity contribution is 7.92. The van der Waals surface area contributed by atoms with Crippen molar-refractivity contribution in [2.45, 2.75) is 31.1 Å². The van der Waals surface area contributed by atoms with E-state index in [1.807, 2.05) is 19.1 Å². The number of hydrogen-bond donors (Lipinski definition) is 1. The molecule has 0 aromatic carbocycles. The highest BCUT2D eigenvalue weighted by Crippen LogP contribution is 2.20. The van der Waals surface area contributed by atoms with Gasteiger partial charge in [-0.3, -0.25) is 4.98 Å². The Hall–Kier alpha value is -0.940. The first-order valence-electron chi connectivity index (χ1n) is 5.94. The van der Waals surface area contributed by atoms with Crippen molar-refractivity contribution in [3.8, 4) is 0 Å². The molecule has 1 aliphatic heterocycles. The van der Waals surface area contributed by atoms with Gasteiger partial charge in [-0.25, -0.2) is 8.42 Å². The summed E-state index contributed by atoms with van der Waals surface area (Å²) in [5, 5.41) is 3.07. The van der Waals surface area contributed by atoms with Crippen LogP contribution >= 0.6 is 0 Å². The highest BCUT2D eigenvalue weighted by Gasteiger charge is 2.31. The van der Waals surface area contributed by atoms with Gasteiger partial charge in [0.05, 0.1) is 11.0 Å². The van der Waals surface area contributed by atoms with E-state index >= 15 is 0 Å². The van der Waals surface area contributed by atoms with Crippen molar-refractivity contribution in [3.05, 3.63) is 30.1 Å². The molecule has 0 bridgehead atoms. The number of sulfone groups is 1. The van der Waals surface area contributed by atoms with Crippen LogP contribution in [-0.2, 0) is 9.84 Å². The summed E-state index contributed by atoms with van der Waals surface area (Å²) in [6.07, 6.45) is 5.13. The maximum absolute atomic E-state index is 11.7. The number of nitrogens with one attached hydrogen (secondary N) is 1. The van der Waals surface area contributed by atoms with E-state index in [1.165, 1.54) is 0 Å². The summed E-state index contributed by atoms with van der Waals surface area (Å²) in [5.41, 5.74) is 1.09. The normalized spacial score (nSPS) is 24.6. The summed E-state index contributed by atoms with van der Waals surface area (Å²) in [7, 11) is -2.84. The number of hydrogen-bond acceptors (Lipinski definition) is 4. The van der Waals surface area contributed by atoms with Gasteiger partial charge in [-0.15, -0.1) is 0 Å². The molecule has 0 amide bonds. The highest BCUT2D eigenvalue weighted by atomic mass is 32.2. The predicted molar refractivity (Wildman–Crippen MR) is 67.5 cm³/mol. The smallest absolute Gasteiger partial charge is 0.154 e. The van der Waals surface area contributed by atoms with E-state index in [0.717, 1.165) is 18.4 Å². The molecule has 2 atom stereocenters. The molecule has 1 N–H and O–H groups in total. The first-order valence-corrected chi connectivity index (χ1v) is 7.66. The van der Waals surface area contributed by atoms with Crippen LogP contribution in [0.1, 0.15) is 31.4 Å². The minimum absolute atomic E-state index is 0.138. The molecule has 5 heteroatoms. The first kappa shape index (κ1) is 12.5. The van der Waals surface area contributed by atoms with Gasteiger partial charge in [0.2, 0.25) is 0 Å². The molecule has 17 heavy (non-hydrogen) atoms. The standard InChI is InChI=1S/C12H18N2O2S/c1-10(11-4-2-6-13-8-11)14-9-12-5-3-7-17(12,15)16/h2,4,6,8,10,12,14H,3,5,7,9H2,1H3. The SMILES string of the molecule is CC(NCC1CCCS1(=O)=O)c1cccnc1. The second-order valence-electron chi connectivity index (χ2n) is 4.55. The third kappa shape index (κ3) is 3.04. The summed E-state index contributed by atoms with van der Waals surface area (Å²) in [6.45, 7) is 2.57. The monoisotopic (exact) mass is 254 g/mol. The lowest BCUT2D eigenvalue weighted by atomic mass is 10.1. The van der Waals surface area contributed by atoms with Gasteiger partial charge in [0.1, 0.15) is 0 Å². The molecule has 1 aromatic heterocycles. The van der Waals surface area contributed by atoms with Crippen LogP contribution in [0.3, 0.4) is 0 Å². The van der Waals surface area contributed by atoms with Gasteiger partial charge in [-0.1, -0.05) is 6.07 Å². The Kier molecular flexibility index (Phi) is 3.79. The Morgan fingerprint density at radius 1 is 1.59 bits per heavy atom. The summed E-state index contributed by atoms with van der Waals surface area (Å²) in [5.74, 6) is 0.348. The number of nitrogens with zero attached hydrogens (tertiary/aromatic N) is 1. The first-order chi connectivity index (χ1) is 8.09. The van der Waals surface area contributed by atoms with Crippen molar-refractivity contribution in [2.75, 3.05) is 12.3 Å². The molecule has 2 rings (SSSR count). The van der Waals surface area contributed by atoms with Gasteiger partial charge < -0.3 is 5.32 Å². The molecule has 2 unspecified atom stereocenters. The largest absolute Gasteiger partial charge is 0.309 e. The zero-order valence-corrected chi connectivity index (χ0v) is 10.8. The molecule has 1 fully saturated rings. The van der Waals surface area contributed by atoms with Crippen LogP contribution in [0.25, 0.3) is 0 Å². The van der Waals surface area contributed by atoms with E-state index in [4.69, 9.17) is 0 Å². The topological polar surface area (TPSA) is 59.1 Å². The van der Waals surface area contributed by atoms with E-state index < -0.39 is 9.84 Å². The molecular weight excluding hydrogens is 236 g/mol. The third-order valence-electron chi connectivity index (χ3n) is 3.30. The molecule has 0 saturated carbocycles. The molecule has 0 radical (unpaired) electrons. The molecular formula is C12H18N2O2S. The van der Waals surface area contributed by atoms with Crippen molar-refractivity contribution < 1.29 is 8.42 Å². The average molecular weight is 254 g/mol. The fourth-order valence-corrected chi connectivity index (χ4v) is 3.92. The van der Waals surface area contributed by atoms with E-state index in [1.54, 1.807) is 12.4 Å². The van der Waals surface area contributed by atoms with Crippen LogP contribution in [0.2, 0.25) is 0 Å². The van der Waals surface area contributed by atoms with Crippen LogP contribution in [-0.4, -0.2) is 30.9 Å². The minimum atomic E-state index is -2.84. The maximum Gasteiger partial charge on any atom is 0.154 e. The van der Waals surface area contributed by atoms with E-state index in [9.17, 15) is 8.42 Å². The Bertz CT molecular complexity index is 459. The second-order valence-corrected chi connectivity index (χ2v) is 6.95. The molecule has 4 nitrogen and oxygen atoms in total. The van der Waals surface area contributed by atoms with Crippen molar-refractivity contribution in [1.82, 2.24) is 10.3 Å². The fourth-order valence-electron chi connectivity index (χ4n) is 2.15. The summed E-state index contributed by atoms with van der Waals surface area (Å²) in [6, 6.07) is 4.02. The second kappa shape index (κ2) is 5.14. The number of pyridine rings is 1. The molecule has 1 aliphatic rings. The molecule has 0 aliphatic carbocycles. The quantitative estimate of drug-likeness (QED) is 0.880. The number of rotatable bonds is 4. The molecule has 1 aromatic rings. The molecule has 2 heterocycles. The van der Waals surface area contributed by atoms with Gasteiger partial charge in [-0.05, 0) is 31.4 Å². The fraction of sp³-hybridized carbons (Fsp3) is 0.583. The van der Waals surface area contributed by atoms with Crippen molar-refractivity contribution >= 4 is 9.84 Å². The summed E-state index contributed by atoms with van der Waals surface area (Å²) < 4.78 is 23.3. The van der Waals surface area contributed by atoms with Crippen LogP contribution < -0.4 is 5.32 Å². The Morgan fingerprint density at radius 2 is 2.41 bits per heavy atom. The van der Waals surface area contributed by atoms with Crippen LogP contribution in [0.4, 0.5) is 0 Å². The zero-order valence-electron chi connectivity index (χ0n) is 9.96. The van der Waals surface area contributed by atoms with Crippen LogP contribution in [0.15, 0.2) is 24.5 Å². The third-order valence-corrected chi connectivity index (χ3v) is 5.57. The zero-order chi connectivity index (χ0) is 12.3. The Labute approximate surface area is 102 Å². The minimum Gasteiger partial charge on any atom is -0.309 e. The summed E-state index contributed by atoms with van der Waals surface area (Å²) >= 11 is 0. The lowest BCUT2D eigenvalue weighted by molar-refractivity contribution is 0.537. The van der Waals surface area contributed by atoms with Crippen molar-refractivity contribution in [3.63, 3.8) is 0 Å². The molecule has 0 spiro atoms. The van der Waals surface area contributed by atoms with Gasteiger partial charge in [0, 0.05) is 25.0 Å².